The number of carbonyl (C=O) groups excluding carboxylic acids is 1. The topological polar surface area (TPSA) is 51.5 Å². The predicted octanol–water partition coefficient (Wildman–Crippen LogP) is 6.27. The summed E-state index contributed by atoms with van der Waals surface area (Å²) in [5.74, 6) is 0.699. The molecular formula is C26H29NO3. The summed E-state index contributed by atoms with van der Waals surface area (Å²) >= 11 is 0. The molecule has 1 saturated carbocycles. The van der Waals surface area contributed by atoms with Gasteiger partial charge in [0.25, 0.3) is 0 Å². The van der Waals surface area contributed by atoms with Gasteiger partial charge in [0.15, 0.2) is 0 Å². The minimum absolute atomic E-state index is 0.0344. The van der Waals surface area contributed by atoms with Crippen LogP contribution >= 0.6 is 0 Å². The summed E-state index contributed by atoms with van der Waals surface area (Å²) in [5.41, 5.74) is 5.94. The van der Waals surface area contributed by atoms with E-state index < -0.39 is 0 Å². The van der Waals surface area contributed by atoms with Crippen LogP contribution in [0.1, 0.15) is 50.7 Å². The fourth-order valence-electron chi connectivity index (χ4n) is 4.18. The van der Waals surface area contributed by atoms with Crippen molar-refractivity contribution >= 4 is 22.4 Å². The smallest absolute Gasteiger partial charge is 0.244 e. The summed E-state index contributed by atoms with van der Waals surface area (Å²) in [4.78, 5) is 12.5. The van der Waals surface area contributed by atoms with Crippen molar-refractivity contribution in [1.29, 1.82) is 0 Å². The second-order valence-electron chi connectivity index (χ2n) is 8.11. The van der Waals surface area contributed by atoms with Crippen LogP contribution in [0.4, 0.5) is 0 Å². The van der Waals surface area contributed by atoms with Crippen LogP contribution in [0.3, 0.4) is 0 Å². The Morgan fingerprint density at radius 2 is 1.93 bits per heavy atom. The Morgan fingerprint density at radius 3 is 2.63 bits per heavy atom. The molecule has 0 aliphatic heterocycles. The van der Waals surface area contributed by atoms with Gasteiger partial charge < -0.3 is 14.5 Å². The van der Waals surface area contributed by atoms with Crippen molar-refractivity contribution in [2.24, 2.45) is 0 Å². The van der Waals surface area contributed by atoms with E-state index in [9.17, 15) is 4.79 Å². The molecule has 1 aliphatic rings. The molecule has 1 N–H and O–H groups in total. The van der Waals surface area contributed by atoms with Crippen molar-refractivity contribution in [3.05, 3.63) is 59.9 Å². The maximum absolute atomic E-state index is 12.5. The number of ether oxygens (including phenoxy) is 1. The second-order valence-corrected chi connectivity index (χ2v) is 8.11. The van der Waals surface area contributed by atoms with E-state index >= 15 is 0 Å². The van der Waals surface area contributed by atoms with Crippen molar-refractivity contribution in [3.63, 3.8) is 0 Å². The Bertz CT molecular complexity index is 1070. The lowest BCUT2D eigenvalue weighted by molar-refractivity contribution is -0.117. The number of nitrogens with one attached hydrogen (secondary N) is 1. The number of fused-ring (bicyclic) bond motifs is 1. The Labute approximate surface area is 177 Å². The monoisotopic (exact) mass is 403 g/mol. The van der Waals surface area contributed by atoms with Crippen molar-refractivity contribution in [2.75, 3.05) is 6.61 Å². The van der Waals surface area contributed by atoms with Gasteiger partial charge in [0.2, 0.25) is 5.91 Å². The first-order chi connectivity index (χ1) is 14.5. The quantitative estimate of drug-likeness (QED) is 0.494. The third-order valence-corrected chi connectivity index (χ3v) is 5.81. The van der Waals surface area contributed by atoms with Crippen LogP contribution in [0.15, 0.2) is 53.2 Å². The van der Waals surface area contributed by atoms with Crippen LogP contribution in [0.2, 0.25) is 0 Å². The van der Waals surface area contributed by atoms with Gasteiger partial charge in [-0.25, -0.2) is 0 Å². The Morgan fingerprint density at radius 1 is 1.20 bits per heavy atom. The minimum Gasteiger partial charge on any atom is -0.493 e. The molecule has 2 aromatic carbocycles. The van der Waals surface area contributed by atoms with Gasteiger partial charge in [-0.3, -0.25) is 4.79 Å². The molecule has 1 amide bonds. The molecule has 4 rings (SSSR count). The number of hydrogen-bond donors (Lipinski definition) is 1. The molecule has 156 valence electrons. The van der Waals surface area contributed by atoms with Crippen molar-refractivity contribution in [3.8, 4) is 16.9 Å². The molecule has 0 saturated heterocycles. The lowest BCUT2D eigenvalue weighted by Gasteiger charge is -2.13. The highest BCUT2D eigenvalue weighted by Crippen LogP contribution is 2.37. The number of furan rings is 1. The number of amides is 1. The average Bonchev–Trinajstić information content (AvgIpc) is 3.37. The van der Waals surface area contributed by atoms with Crippen LogP contribution in [0, 0.1) is 6.92 Å². The summed E-state index contributed by atoms with van der Waals surface area (Å²) in [5, 5.41) is 4.15. The SMILES string of the molecule is CCOc1cc2occ(-c3ccc(C)cc3)c2cc1/C(C)=C/C(=O)NC1CCCC1. The Hall–Kier alpha value is -3.01. The van der Waals surface area contributed by atoms with E-state index in [1.807, 2.05) is 19.9 Å². The van der Waals surface area contributed by atoms with Crippen molar-refractivity contribution in [1.82, 2.24) is 5.32 Å². The van der Waals surface area contributed by atoms with Gasteiger partial charge in [0, 0.05) is 34.7 Å². The molecule has 30 heavy (non-hydrogen) atoms. The molecule has 4 heteroatoms. The van der Waals surface area contributed by atoms with Crippen LogP contribution in [0.5, 0.6) is 5.75 Å². The molecule has 0 spiro atoms. The predicted molar refractivity (Wildman–Crippen MR) is 122 cm³/mol. The first kappa shape index (κ1) is 20.3. The molecule has 1 heterocycles. The molecule has 0 atom stereocenters. The van der Waals surface area contributed by atoms with Gasteiger partial charge in [-0.15, -0.1) is 0 Å². The standard InChI is InChI=1S/C26H29NO3/c1-4-29-24-15-25-22(23(16-30-25)19-11-9-17(2)10-12-19)14-21(24)18(3)13-26(28)27-20-7-5-6-8-20/h9-16,20H,4-8H2,1-3H3,(H,27,28)/b18-13+. The van der Waals surface area contributed by atoms with Crippen LogP contribution < -0.4 is 10.1 Å². The number of allylic oxidation sites excluding steroid dienone is 1. The summed E-state index contributed by atoms with van der Waals surface area (Å²) in [7, 11) is 0. The molecule has 3 aromatic rings. The molecule has 0 radical (unpaired) electrons. The normalized spacial score (nSPS) is 15.0. The molecular weight excluding hydrogens is 374 g/mol. The lowest BCUT2D eigenvalue weighted by atomic mass is 9.98. The second kappa shape index (κ2) is 8.78. The van der Waals surface area contributed by atoms with Crippen LogP contribution in [0.25, 0.3) is 27.7 Å². The van der Waals surface area contributed by atoms with Gasteiger partial charge >= 0.3 is 0 Å². The van der Waals surface area contributed by atoms with E-state index in [0.717, 1.165) is 51.8 Å². The van der Waals surface area contributed by atoms with Gasteiger partial charge in [0.1, 0.15) is 11.3 Å². The lowest BCUT2D eigenvalue weighted by Crippen LogP contribution is -2.31. The number of hydrogen-bond acceptors (Lipinski definition) is 3. The molecule has 1 aromatic heterocycles. The maximum atomic E-state index is 12.5. The zero-order valence-corrected chi connectivity index (χ0v) is 18.0. The molecule has 0 unspecified atom stereocenters. The van der Waals surface area contributed by atoms with Crippen LogP contribution in [-0.4, -0.2) is 18.6 Å². The molecule has 0 bridgehead atoms. The van der Waals surface area contributed by atoms with Gasteiger partial charge in [-0.05, 0) is 50.8 Å². The first-order valence-corrected chi connectivity index (χ1v) is 10.8. The Balaban J connectivity index is 1.71. The largest absolute Gasteiger partial charge is 0.493 e. The fourth-order valence-corrected chi connectivity index (χ4v) is 4.18. The van der Waals surface area contributed by atoms with Crippen molar-refractivity contribution in [2.45, 2.75) is 52.5 Å². The maximum Gasteiger partial charge on any atom is 0.244 e. The summed E-state index contributed by atoms with van der Waals surface area (Å²) in [6, 6.07) is 12.7. The van der Waals surface area contributed by atoms with E-state index in [4.69, 9.17) is 9.15 Å². The third kappa shape index (κ3) is 4.28. The molecule has 1 aliphatic carbocycles. The van der Waals surface area contributed by atoms with E-state index in [-0.39, 0.29) is 5.91 Å². The zero-order chi connectivity index (χ0) is 21.1. The average molecular weight is 404 g/mol. The van der Waals surface area contributed by atoms with Gasteiger partial charge in [-0.1, -0.05) is 42.7 Å². The van der Waals surface area contributed by atoms with E-state index in [0.29, 0.717) is 12.6 Å². The number of carbonyl (C=O) groups is 1. The summed E-state index contributed by atoms with van der Waals surface area (Å²) < 4.78 is 11.7. The fraction of sp³-hybridized carbons (Fsp3) is 0.346. The number of benzene rings is 2. The first-order valence-electron chi connectivity index (χ1n) is 10.8. The van der Waals surface area contributed by atoms with Crippen molar-refractivity contribution < 1.29 is 13.9 Å². The Kier molecular flexibility index (Phi) is 5.93. The highest BCUT2D eigenvalue weighted by molar-refractivity contribution is 6.00. The number of rotatable bonds is 6. The molecule has 4 nitrogen and oxygen atoms in total. The van der Waals surface area contributed by atoms with E-state index in [1.54, 1.807) is 12.3 Å². The minimum atomic E-state index is -0.0344. The molecule has 1 fully saturated rings. The van der Waals surface area contributed by atoms with Gasteiger partial charge in [0.05, 0.1) is 12.9 Å². The summed E-state index contributed by atoms with van der Waals surface area (Å²) in [6.07, 6.45) is 8.02. The zero-order valence-electron chi connectivity index (χ0n) is 18.0. The number of aryl methyl sites for hydroxylation is 1. The summed E-state index contributed by atoms with van der Waals surface area (Å²) in [6.45, 7) is 6.54. The van der Waals surface area contributed by atoms with E-state index in [1.165, 1.54) is 18.4 Å². The van der Waals surface area contributed by atoms with Crippen LogP contribution in [-0.2, 0) is 4.79 Å². The highest BCUT2D eigenvalue weighted by Gasteiger charge is 2.18. The van der Waals surface area contributed by atoms with E-state index in [2.05, 4.69) is 42.6 Å². The van der Waals surface area contributed by atoms with Gasteiger partial charge in [-0.2, -0.15) is 0 Å². The highest BCUT2D eigenvalue weighted by atomic mass is 16.5. The third-order valence-electron chi connectivity index (χ3n) is 5.81.